The number of nitrogens with zero attached hydrogens (tertiary/aromatic N) is 2. The minimum absolute atomic E-state index is 0.0543. The Bertz CT molecular complexity index is 275. The lowest BCUT2D eigenvalue weighted by Crippen LogP contribution is -2.28. The lowest BCUT2D eigenvalue weighted by atomic mass is 10.1. The minimum Gasteiger partial charge on any atom is -0.427 e. The molecule has 12 heavy (non-hydrogen) atoms. The van der Waals surface area contributed by atoms with Crippen molar-refractivity contribution >= 4 is 0 Å². The molecule has 1 heterocycles. The second-order valence-electron chi connectivity index (χ2n) is 2.82. The summed E-state index contributed by atoms with van der Waals surface area (Å²) in [6.07, 6.45) is -3.24. The minimum atomic E-state index is -4.26. The van der Waals surface area contributed by atoms with Crippen LogP contribution in [-0.2, 0) is 5.41 Å². The van der Waals surface area contributed by atoms with Crippen LogP contribution in [0.25, 0.3) is 0 Å². The Balaban J connectivity index is 2.35. The van der Waals surface area contributed by atoms with Crippen molar-refractivity contribution in [3.05, 3.63) is 12.3 Å². The van der Waals surface area contributed by atoms with Crippen LogP contribution in [0.3, 0.4) is 0 Å². The topological polar surface area (TPSA) is 38.9 Å². The van der Waals surface area contributed by atoms with Crippen LogP contribution in [0.5, 0.6) is 0 Å². The third kappa shape index (κ3) is 0.835. The predicted molar refractivity (Wildman–Crippen MR) is 31.3 cm³/mol. The Morgan fingerprint density at radius 3 is 2.42 bits per heavy atom. The highest BCUT2D eigenvalue weighted by Crippen LogP contribution is 2.58. The Labute approximate surface area is 65.6 Å². The van der Waals surface area contributed by atoms with Crippen LogP contribution >= 0.6 is 0 Å². The highest BCUT2D eigenvalue weighted by atomic mass is 19.4. The highest BCUT2D eigenvalue weighted by molar-refractivity contribution is 5.18. The highest BCUT2D eigenvalue weighted by Gasteiger charge is 2.67. The predicted octanol–water partition coefficient (Wildman–Crippen LogP) is 1.66. The summed E-state index contributed by atoms with van der Waals surface area (Å²) in [7, 11) is 0. The van der Waals surface area contributed by atoms with Gasteiger partial charge in [0.1, 0.15) is 5.41 Å². The molecule has 0 bridgehead atoms. The van der Waals surface area contributed by atoms with Gasteiger partial charge in [0.05, 0.1) is 0 Å². The van der Waals surface area contributed by atoms with E-state index in [4.69, 9.17) is 0 Å². The first-order valence-electron chi connectivity index (χ1n) is 3.40. The molecule has 0 aliphatic heterocycles. The van der Waals surface area contributed by atoms with E-state index in [1.165, 1.54) is 0 Å². The van der Waals surface area contributed by atoms with Crippen LogP contribution in [0.2, 0.25) is 0 Å². The van der Waals surface area contributed by atoms with Crippen molar-refractivity contribution in [2.24, 2.45) is 0 Å². The molecule has 0 spiro atoms. The van der Waals surface area contributed by atoms with Crippen LogP contribution in [0.1, 0.15) is 18.7 Å². The van der Waals surface area contributed by atoms with Gasteiger partial charge in [-0.1, -0.05) is 0 Å². The number of aromatic nitrogens is 2. The van der Waals surface area contributed by atoms with Gasteiger partial charge in [0.25, 0.3) is 0 Å². The summed E-state index contributed by atoms with van der Waals surface area (Å²) in [5.41, 5.74) is -1.83. The summed E-state index contributed by atoms with van der Waals surface area (Å²) in [5.74, 6) is -0.310. The Morgan fingerprint density at radius 2 is 2.08 bits per heavy atom. The van der Waals surface area contributed by atoms with Crippen molar-refractivity contribution in [2.75, 3.05) is 0 Å². The van der Waals surface area contributed by atoms with Crippen LogP contribution in [0.15, 0.2) is 10.8 Å². The molecule has 0 saturated heterocycles. The van der Waals surface area contributed by atoms with E-state index in [-0.39, 0.29) is 18.7 Å². The molecule has 0 amide bonds. The third-order valence-corrected chi connectivity index (χ3v) is 2.06. The fourth-order valence-corrected chi connectivity index (χ4v) is 1.13. The second kappa shape index (κ2) is 1.99. The molecule has 1 aromatic heterocycles. The molecule has 0 radical (unpaired) electrons. The number of hydrogen-bond donors (Lipinski definition) is 0. The Morgan fingerprint density at radius 1 is 1.42 bits per heavy atom. The van der Waals surface area contributed by atoms with Crippen LogP contribution in [0.4, 0.5) is 13.2 Å². The van der Waals surface area contributed by atoms with Gasteiger partial charge in [0, 0.05) is 0 Å². The summed E-state index contributed by atoms with van der Waals surface area (Å²) in [6.45, 7) is 0. The van der Waals surface area contributed by atoms with E-state index in [1.807, 2.05) is 0 Å². The Hall–Kier alpha value is -1.07. The Kier molecular flexibility index (Phi) is 1.26. The summed E-state index contributed by atoms with van der Waals surface area (Å²) in [6, 6.07) is 0. The maximum atomic E-state index is 12.3. The van der Waals surface area contributed by atoms with E-state index in [2.05, 4.69) is 14.6 Å². The van der Waals surface area contributed by atoms with Crippen molar-refractivity contribution < 1.29 is 17.6 Å². The van der Waals surface area contributed by atoms with Gasteiger partial charge in [0.15, 0.2) is 0 Å². The van der Waals surface area contributed by atoms with E-state index in [0.29, 0.717) is 0 Å². The normalized spacial score (nSPS) is 20.9. The molecule has 2 rings (SSSR count). The number of halogens is 3. The molecule has 1 aromatic rings. The van der Waals surface area contributed by atoms with Crippen molar-refractivity contribution in [3.63, 3.8) is 0 Å². The molecule has 0 N–H and O–H groups in total. The van der Waals surface area contributed by atoms with Gasteiger partial charge in [-0.3, -0.25) is 0 Å². The van der Waals surface area contributed by atoms with Gasteiger partial charge in [0.2, 0.25) is 12.3 Å². The zero-order valence-electron chi connectivity index (χ0n) is 5.93. The van der Waals surface area contributed by atoms with Crippen molar-refractivity contribution in [1.29, 1.82) is 0 Å². The van der Waals surface area contributed by atoms with Crippen LogP contribution in [0, 0.1) is 0 Å². The molecule has 0 atom stereocenters. The summed E-state index contributed by atoms with van der Waals surface area (Å²) in [5, 5.41) is 6.51. The summed E-state index contributed by atoms with van der Waals surface area (Å²) in [4.78, 5) is 0. The first-order valence-corrected chi connectivity index (χ1v) is 3.40. The number of hydrogen-bond acceptors (Lipinski definition) is 3. The van der Waals surface area contributed by atoms with E-state index in [1.54, 1.807) is 0 Å². The molecular formula is C6H5F3N2O. The van der Waals surface area contributed by atoms with E-state index in [0.717, 1.165) is 6.39 Å². The van der Waals surface area contributed by atoms with Crippen LogP contribution < -0.4 is 0 Å². The third-order valence-electron chi connectivity index (χ3n) is 2.06. The summed E-state index contributed by atoms with van der Waals surface area (Å²) >= 11 is 0. The lowest BCUT2D eigenvalue weighted by molar-refractivity contribution is -0.165. The first kappa shape index (κ1) is 7.57. The molecule has 0 aromatic carbocycles. The molecule has 66 valence electrons. The standard InChI is InChI=1S/C6H5F3N2O/c7-6(8,9)5(1-2-5)4-11-10-3-12-4/h3H,1-2H2. The van der Waals surface area contributed by atoms with Crippen molar-refractivity contribution in [2.45, 2.75) is 24.4 Å². The SMILES string of the molecule is FC(F)(F)C1(c2nnco2)CC1. The average Bonchev–Trinajstić information content (AvgIpc) is 2.61. The van der Waals surface area contributed by atoms with E-state index < -0.39 is 11.6 Å². The largest absolute Gasteiger partial charge is 0.427 e. The fraction of sp³-hybridized carbons (Fsp3) is 0.667. The molecule has 0 unspecified atom stereocenters. The van der Waals surface area contributed by atoms with E-state index >= 15 is 0 Å². The van der Waals surface area contributed by atoms with Crippen molar-refractivity contribution in [3.8, 4) is 0 Å². The van der Waals surface area contributed by atoms with Gasteiger partial charge in [-0.05, 0) is 12.8 Å². The zero-order valence-corrected chi connectivity index (χ0v) is 5.93. The van der Waals surface area contributed by atoms with Gasteiger partial charge in [-0.2, -0.15) is 13.2 Å². The van der Waals surface area contributed by atoms with Crippen LogP contribution in [-0.4, -0.2) is 16.4 Å². The molecule has 1 aliphatic carbocycles. The molecule has 1 aliphatic rings. The number of alkyl halides is 3. The molecule has 6 heteroatoms. The molecule has 1 saturated carbocycles. The smallest absolute Gasteiger partial charge is 0.403 e. The zero-order chi connectivity index (χ0) is 8.82. The van der Waals surface area contributed by atoms with Crippen molar-refractivity contribution in [1.82, 2.24) is 10.2 Å². The van der Waals surface area contributed by atoms with Gasteiger partial charge >= 0.3 is 6.18 Å². The molecule has 1 fully saturated rings. The van der Waals surface area contributed by atoms with E-state index in [9.17, 15) is 13.2 Å². The van der Waals surface area contributed by atoms with Gasteiger partial charge < -0.3 is 4.42 Å². The van der Waals surface area contributed by atoms with Gasteiger partial charge in [-0.25, -0.2) is 0 Å². The maximum absolute atomic E-state index is 12.3. The molecule has 3 nitrogen and oxygen atoms in total. The quantitative estimate of drug-likeness (QED) is 0.656. The first-order chi connectivity index (χ1) is 5.56. The molecular weight excluding hydrogens is 173 g/mol. The monoisotopic (exact) mass is 178 g/mol. The second-order valence-corrected chi connectivity index (χ2v) is 2.82. The summed E-state index contributed by atoms with van der Waals surface area (Å²) < 4.78 is 41.5. The maximum Gasteiger partial charge on any atom is 0.403 e. The lowest BCUT2D eigenvalue weighted by Gasteiger charge is -2.13. The number of rotatable bonds is 1. The fourth-order valence-electron chi connectivity index (χ4n) is 1.13. The average molecular weight is 178 g/mol. The van der Waals surface area contributed by atoms with Gasteiger partial charge in [-0.15, -0.1) is 10.2 Å².